The van der Waals surface area contributed by atoms with Crippen molar-refractivity contribution in [2.75, 3.05) is 6.54 Å². The van der Waals surface area contributed by atoms with Crippen molar-refractivity contribution in [1.82, 2.24) is 5.32 Å². The summed E-state index contributed by atoms with van der Waals surface area (Å²) in [5.41, 5.74) is -0.334. The van der Waals surface area contributed by atoms with E-state index in [1.807, 2.05) is 6.92 Å². The maximum Gasteiger partial charge on any atom is 0.254 e. The molecule has 1 aromatic rings. The lowest BCUT2D eigenvalue weighted by atomic mass is 10.2. The van der Waals surface area contributed by atoms with Crippen LogP contribution in [0.3, 0.4) is 0 Å². The predicted molar refractivity (Wildman–Crippen MR) is 71.3 cm³/mol. The zero-order valence-corrected chi connectivity index (χ0v) is 12.1. The number of rotatable bonds is 5. The number of nitrogens with one attached hydrogen (secondary N) is 1. The lowest BCUT2D eigenvalue weighted by Crippen LogP contribution is -2.27. The second-order valence-corrected chi connectivity index (χ2v) is 5.50. The summed E-state index contributed by atoms with van der Waals surface area (Å²) in [5.74, 6) is -2.28. The third-order valence-corrected chi connectivity index (χ3v) is 3.84. The molecule has 0 saturated heterocycles. The first-order valence-corrected chi connectivity index (χ1v) is 6.81. The van der Waals surface area contributed by atoms with Gasteiger partial charge in [0, 0.05) is 11.4 Å². The summed E-state index contributed by atoms with van der Waals surface area (Å²) in [7, 11) is 0. The van der Waals surface area contributed by atoms with Gasteiger partial charge in [0.25, 0.3) is 5.91 Å². The van der Waals surface area contributed by atoms with Gasteiger partial charge in [-0.25, -0.2) is 8.78 Å². The molecule has 1 N–H and O–H groups in total. The third kappa shape index (κ3) is 4.21. The molecule has 0 aliphatic rings. The van der Waals surface area contributed by atoms with Gasteiger partial charge in [-0.1, -0.05) is 34.5 Å². The van der Waals surface area contributed by atoms with Crippen LogP contribution in [0.2, 0.25) is 5.02 Å². The fraction of sp³-hybridized carbons (Fsp3) is 0.417. The number of hydrogen-bond acceptors (Lipinski definition) is 1. The van der Waals surface area contributed by atoms with Crippen LogP contribution in [0.4, 0.5) is 8.78 Å². The molecule has 100 valence electrons. The first kappa shape index (κ1) is 15.4. The minimum Gasteiger partial charge on any atom is -0.352 e. The minimum absolute atomic E-state index is 0.296. The third-order valence-electron chi connectivity index (χ3n) is 2.44. The van der Waals surface area contributed by atoms with Gasteiger partial charge in [0.1, 0.15) is 11.6 Å². The summed E-state index contributed by atoms with van der Waals surface area (Å²) in [6.07, 6.45) is 1.65. The monoisotopic (exact) mass is 339 g/mol. The zero-order valence-electron chi connectivity index (χ0n) is 9.77. The average molecular weight is 341 g/mol. The number of carbonyl (C=O) groups is 1. The molecule has 18 heavy (non-hydrogen) atoms. The van der Waals surface area contributed by atoms with Crippen molar-refractivity contribution in [3.05, 3.63) is 34.4 Å². The topological polar surface area (TPSA) is 29.1 Å². The Bertz CT molecular complexity index is 442. The highest BCUT2D eigenvalue weighted by molar-refractivity contribution is 9.09. The van der Waals surface area contributed by atoms with Crippen molar-refractivity contribution in [2.45, 2.75) is 24.6 Å². The molecule has 2 nitrogen and oxygen atoms in total. The van der Waals surface area contributed by atoms with E-state index in [2.05, 4.69) is 21.2 Å². The van der Waals surface area contributed by atoms with Crippen LogP contribution in [-0.2, 0) is 0 Å². The summed E-state index contributed by atoms with van der Waals surface area (Å²) >= 11 is 8.82. The van der Waals surface area contributed by atoms with Gasteiger partial charge in [0.15, 0.2) is 0 Å². The van der Waals surface area contributed by atoms with Gasteiger partial charge in [0.2, 0.25) is 0 Å². The molecule has 0 heterocycles. The van der Waals surface area contributed by atoms with Gasteiger partial charge >= 0.3 is 0 Å². The highest BCUT2D eigenvalue weighted by Gasteiger charge is 2.15. The highest BCUT2D eigenvalue weighted by Crippen LogP contribution is 2.19. The molecular weight excluding hydrogens is 327 g/mol. The number of alkyl halides is 1. The molecule has 1 rings (SSSR count). The molecule has 0 saturated carbocycles. The van der Waals surface area contributed by atoms with Crippen LogP contribution in [0.5, 0.6) is 0 Å². The van der Waals surface area contributed by atoms with Gasteiger partial charge in [-0.3, -0.25) is 4.79 Å². The number of amides is 1. The Labute approximate surface area is 118 Å². The van der Waals surface area contributed by atoms with Crippen molar-refractivity contribution < 1.29 is 13.6 Å². The summed E-state index contributed by atoms with van der Waals surface area (Å²) in [4.78, 5) is 11.9. The SMILES string of the molecule is CCC(Br)CCNC(=O)c1cc(F)c(Cl)cc1F. The first-order chi connectivity index (χ1) is 8.45. The van der Waals surface area contributed by atoms with E-state index in [0.717, 1.165) is 25.0 Å². The number of hydrogen-bond donors (Lipinski definition) is 1. The van der Waals surface area contributed by atoms with Gasteiger partial charge in [-0.2, -0.15) is 0 Å². The highest BCUT2D eigenvalue weighted by atomic mass is 79.9. The van der Waals surface area contributed by atoms with Crippen molar-refractivity contribution in [2.24, 2.45) is 0 Å². The maximum atomic E-state index is 13.4. The fourth-order valence-corrected chi connectivity index (χ4v) is 1.72. The Hall–Kier alpha value is -0.680. The Morgan fingerprint density at radius 1 is 1.44 bits per heavy atom. The predicted octanol–water partition coefficient (Wildman–Crippen LogP) is 3.91. The van der Waals surface area contributed by atoms with E-state index in [-0.39, 0.29) is 10.6 Å². The molecular formula is C12H13BrClF2NO. The van der Waals surface area contributed by atoms with E-state index in [0.29, 0.717) is 11.4 Å². The van der Waals surface area contributed by atoms with Crippen LogP contribution >= 0.6 is 27.5 Å². The minimum atomic E-state index is -0.829. The van der Waals surface area contributed by atoms with Crippen LogP contribution in [0.15, 0.2) is 12.1 Å². The lowest BCUT2D eigenvalue weighted by molar-refractivity contribution is 0.0948. The van der Waals surface area contributed by atoms with E-state index in [1.54, 1.807) is 0 Å². The summed E-state index contributed by atoms with van der Waals surface area (Å²) in [5, 5.41) is 2.20. The van der Waals surface area contributed by atoms with Crippen LogP contribution in [-0.4, -0.2) is 17.3 Å². The van der Waals surface area contributed by atoms with E-state index in [9.17, 15) is 13.6 Å². The first-order valence-electron chi connectivity index (χ1n) is 5.52. The zero-order chi connectivity index (χ0) is 13.7. The Morgan fingerprint density at radius 3 is 2.72 bits per heavy atom. The Balaban J connectivity index is 2.64. The smallest absolute Gasteiger partial charge is 0.254 e. The molecule has 0 radical (unpaired) electrons. The van der Waals surface area contributed by atoms with Crippen LogP contribution in [0, 0.1) is 11.6 Å². The lowest BCUT2D eigenvalue weighted by Gasteiger charge is -2.09. The second kappa shape index (κ2) is 7.04. The number of carbonyl (C=O) groups excluding carboxylic acids is 1. The van der Waals surface area contributed by atoms with Crippen LogP contribution in [0.1, 0.15) is 30.1 Å². The van der Waals surface area contributed by atoms with Crippen LogP contribution < -0.4 is 5.32 Å². The number of benzene rings is 1. The van der Waals surface area contributed by atoms with Crippen molar-refractivity contribution in [1.29, 1.82) is 0 Å². The quantitative estimate of drug-likeness (QED) is 0.639. The normalized spacial score (nSPS) is 12.3. The van der Waals surface area contributed by atoms with E-state index >= 15 is 0 Å². The van der Waals surface area contributed by atoms with Gasteiger partial charge in [-0.05, 0) is 25.0 Å². The molecule has 0 fully saturated rings. The molecule has 1 aromatic carbocycles. The van der Waals surface area contributed by atoms with Crippen molar-refractivity contribution in [3.8, 4) is 0 Å². The molecule has 0 aliphatic heterocycles. The largest absolute Gasteiger partial charge is 0.352 e. The molecule has 0 aliphatic carbocycles. The fourth-order valence-electron chi connectivity index (χ4n) is 1.34. The van der Waals surface area contributed by atoms with Gasteiger partial charge < -0.3 is 5.32 Å². The summed E-state index contributed by atoms with van der Waals surface area (Å²) in [6, 6.07) is 1.60. The van der Waals surface area contributed by atoms with Gasteiger partial charge in [0.05, 0.1) is 10.6 Å². The molecule has 1 atom stereocenters. The standard InChI is InChI=1S/C12H13BrClF2NO/c1-2-7(13)3-4-17-12(18)8-5-11(16)9(14)6-10(8)15/h5-7H,2-4H2,1H3,(H,17,18). The average Bonchev–Trinajstić information content (AvgIpc) is 2.33. The van der Waals surface area contributed by atoms with Crippen molar-refractivity contribution in [3.63, 3.8) is 0 Å². The number of halogens is 4. The molecule has 1 unspecified atom stereocenters. The Morgan fingerprint density at radius 2 is 2.11 bits per heavy atom. The van der Waals surface area contributed by atoms with E-state index in [1.165, 1.54) is 0 Å². The molecule has 0 aromatic heterocycles. The summed E-state index contributed by atoms with van der Waals surface area (Å²) < 4.78 is 26.6. The van der Waals surface area contributed by atoms with Gasteiger partial charge in [-0.15, -0.1) is 0 Å². The summed E-state index contributed by atoms with van der Waals surface area (Å²) in [6.45, 7) is 2.40. The van der Waals surface area contributed by atoms with Crippen molar-refractivity contribution >= 4 is 33.4 Å². The molecule has 0 spiro atoms. The molecule has 1 amide bonds. The second-order valence-electron chi connectivity index (χ2n) is 3.80. The van der Waals surface area contributed by atoms with E-state index in [4.69, 9.17) is 11.6 Å². The van der Waals surface area contributed by atoms with Crippen LogP contribution in [0.25, 0.3) is 0 Å². The maximum absolute atomic E-state index is 13.4. The Kier molecular flexibility index (Phi) is 6.02. The van der Waals surface area contributed by atoms with E-state index < -0.39 is 17.5 Å². The molecule has 6 heteroatoms. The molecule has 0 bridgehead atoms.